The van der Waals surface area contributed by atoms with Gasteiger partial charge >= 0.3 is 5.97 Å². The Morgan fingerprint density at radius 3 is 1.32 bits per heavy atom. The summed E-state index contributed by atoms with van der Waals surface area (Å²) in [7, 11) is 0. The average Bonchev–Trinajstić information content (AvgIpc) is 3.39. The van der Waals surface area contributed by atoms with Crippen LogP contribution in [0, 0.1) is 0 Å². The molecule has 0 radical (unpaired) electrons. The van der Waals surface area contributed by atoms with Gasteiger partial charge in [-0.15, -0.1) is 0 Å². The molecule has 1 aliphatic rings. The summed E-state index contributed by atoms with van der Waals surface area (Å²) in [6, 6.07) is -0.812. The van der Waals surface area contributed by atoms with Crippen molar-refractivity contribution >= 4 is 11.9 Å². The van der Waals surface area contributed by atoms with Crippen molar-refractivity contribution < 1.29 is 49.3 Å². The molecule has 6 N–H and O–H groups in total. The number of carbonyl (C=O) groups excluding carboxylic acids is 2. The molecule has 0 aromatic heterocycles. The molecule has 0 aromatic rings. The van der Waals surface area contributed by atoms with E-state index >= 15 is 0 Å². The standard InChI is InChI=1S/C62H117NO10/c1-3-5-7-9-11-13-14-15-16-17-18-21-24-27-30-34-38-42-46-50-58(67)71-51-47-43-39-35-31-28-25-22-19-20-23-26-29-33-37-41-45-49-57(66)63-54(55(65)48-44-40-36-32-12-10-8-6-4-2)53-72-62-61(70)60(69)59(68)56(52-64)73-62/h15-16,44,48,54-56,59-62,64-65,68-70H,3-14,17-43,45-47,49-53H2,1-2H3,(H,63,66)/b16-15-,48-44+. The van der Waals surface area contributed by atoms with E-state index in [2.05, 4.69) is 31.3 Å². The lowest BCUT2D eigenvalue weighted by molar-refractivity contribution is -0.302. The van der Waals surface area contributed by atoms with Crippen molar-refractivity contribution in [1.82, 2.24) is 5.32 Å². The topological polar surface area (TPSA) is 175 Å². The lowest BCUT2D eigenvalue weighted by atomic mass is 9.99. The second-order valence-corrected chi connectivity index (χ2v) is 21.8. The zero-order chi connectivity index (χ0) is 53.1. The number of aliphatic hydroxyl groups excluding tert-OH is 5. The summed E-state index contributed by atoms with van der Waals surface area (Å²) in [6.45, 7) is 4.30. The number of unbranched alkanes of at least 4 members (excludes halogenated alkanes) is 38. The number of nitrogens with one attached hydrogen (secondary N) is 1. The zero-order valence-electron chi connectivity index (χ0n) is 47.4. The summed E-state index contributed by atoms with van der Waals surface area (Å²) < 4.78 is 16.7. The molecule has 1 fully saturated rings. The number of esters is 1. The third-order valence-corrected chi connectivity index (χ3v) is 14.8. The van der Waals surface area contributed by atoms with Crippen molar-refractivity contribution in [3.05, 3.63) is 24.3 Å². The molecule has 0 aromatic carbocycles. The Morgan fingerprint density at radius 2 is 0.877 bits per heavy atom. The molecule has 1 saturated heterocycles. The van der Waals surface area contributed by atoms with Gasteiger partial charge in [0.25, 0.3) is 0 Å². The first-order chi connectivity index (χ1) is 35.7. The zero-order valence-corrected chi connectivity index (χ0v) is 47.4. The van der Waals surface area contributed by atoms with E-state index in [-0.39, 0.29) is 18.5 Å². The van der Waals surface area contributed by atoms with Crippen LogP contribution in [0.3, 0.4) is 0 Å². The second kappa shape index (κ2) is 52.2. The Morgan fingerprint density at radius 1 is 0.493 bits per heavy atom. The summed E-state index contributed by atoms with van der Waals surface area (Å²) >= 11 is 0. The number of amides is 1. The van der Waals surface area contributed by atoms with Crippen LogP contribution in [0.5, 0.6) is 0 Å². The number of hydrogen-bond acceptors (Lipinski definition) is 10. The summed E-state index contributed by atoms with van der Waals surface area (Å²) in [6.07, 6.45) is 52.9. The van der Waals surface area contributed by atoms with Crippen LogP contribution < -0.4 is 5.32 Å². The third kappa shape index (κ3) is 41.9. The Labute approximate surface area is 448 Å². The maximum absolute atomic E-state index is 13.0. The molecule has 0 aliphatic carbocycles. The van der Waals surface area contributed by atoms with Gasteiger partial charge in [-0.05, 0) is 57.8 Å². The molecule has 1 aliphatic heterocycles. The first kappa shape index (κ1) is 69.2. The minimum atomic E-state index is -1.57. The Bertz CT molecular complexity index is 1260. The summed E-state index contributed by atoms with van der Waals surface area (Å²) in [5.74, 6) is -0.200. The van der Waals surface area contributed by atoms with Crippen molar-refractivity contribution in [2.24, 2.45) is 0 Å². The predicted octanol–water partition coefficient (Wildman–Crippen LogP) is 14.5. The van der Waals surface area contributed by atoms with E-state index in [1.807, 2.05) is 6.08 Å². The van der Waals surface area contributed by atoms with E-state index < -0.39 is 49.5 Å². The Balaban J connectivity index is 1.99. The number of rotatable bonds is 54. The smallest absolute Gasteiger partial charge is 0.305 e. The van der Waals surface area contributed by atoms with E-state index in [1.54, 1.807) is 6.08 Å². The molecule has 73 heavy (non-hydrogen) atoms. The molecule has 11 nitrogen and oxygen atoms in total. The van der Waals surface area contributed by atoms with Crippen LogP contribution >= 0.6 is 0 Å². The predicted molar refractivity (Wildman–Crippen MR) is 301 cm³/mol. The summed E-state index contributed by atoms with van der Waals surface area (Å²) in [5.41, 5.74) is 0. The van der Waals surface area contributed by atoms with Gasteiger partial charge in [0.1, 0.15) is 24.4 Å². The van der Waals surface area contributed by atoms with Gasteiger partial charge in [0, 0.05) is 12.8 Å². The molecular formula is C62H117NO10. The highest BCUT2D eigenvalue weighted by atomic mass is 16.7. The number of hydrogen-bond donors (Lipinski definition) is 6. The SMILES string of the molecule is CCCCCCCC/C=C\CCCCCCCCCCCC(=O)OCCCCCCCCCCCCCCCCCCCC(=O)NC(COC1OC(CO)C(O)C(O)C1O)C(O)/C=C/CCCCCCCCC. The third-order valence-electron chi connectivity index (χ3n) is 14.8. The van der Waals surface area contributed by atoms with Gasteiger partial charge in [-0.1, -0.05) is 250 Å². The van der Waals surface area contributed by atoms with E-state index in [0.717, 1.165) is 64.2 Å². The molecule has 0 saturated carbocycles. The van der Waals surface area contributed by atoms with Gasteiger partial charge in [-0.25, -0.2) is 0 Å². The van der Waals surface area contributed by atoms with Crippen LogP contribution in [0.4, 0.5) is 0 Å². The Hall–Kier alpha value is -1.86. The molecule has 7 unspecified atom stereocenters. The van der Waals surface area contributed by atoms with E-state index in [0.29, 0.717) is 19.4 Å². The quantitative estimate of drug-likeness (QED) is 0.0195. The van der Waals surface area contributed by atoms with Gasteiger partial charge in [0.05, 0.1) is 32.0 Å². The highest BCUT2D eigenvalue weighted by Gasteiger charge is 2.44. The highest BCUT2D eigenvalue weighted by Crippen LogP contribution is 2.23. The van der Waals surface area contributed by atoms with Crippen LogP contribution in [-0.2, 0) is 23.8 Å². The monoisotopic (exact) mass is 1040 g/mol. The molecule has 1 rings (SSSR count). The van der Waals surface area contributed by atoms with Crippen LogP contribution in [0.15, 0.2) is 24.3 Å². The van der Waals surface area contributed by atoms with Gasteiger partial charge < -0.3 is 45.1 Å². The van der Waals surface area contributed by atoms with Crippen LogP contribution in [0.2, 0.25) is 0 Å². The fourth-order valence-electron chi connectivity index (χ4n) is 9.84. The maximum Gasteiger partial charge on any atom is 0.305 e. The van der Waals surface area contributed by atoms with Gasteiger partial charge in [-0.3, -0.25) is 9.59 Å². The van der Waals surface area contributed by atoms with Gasteiger partial charge in [0.15, 0.2) is 6.29 Å². The minimum absolute atomic E-state index is 0.0117. The summed E-state index contributed by atoms with van der Waals surface area (Å²) in [5, 5.41) is 54.2. The maximum atomic E-state index is 13.0. The molecule has 11 heteroatoms. The van der Waals surface area contributed by atoms with Gasteiger partial charge in [-0.2, -0.15) is 0 Å². The number of carbonyl (C=O) groups is 2. The summed E-state index contributed by atoms with van der Waals surface area (Å²) in [4.78, 5) is 25.1. The van der Waals surface area contributed by atoms with Crippen LogP contribution in [0.25, 0.3) is 0 Å². The molecule has 1 heterocycles. The molecule has 430 valence electrons. The number of ether oxygens (including phenoxy) is 3. The fourth-order valence-corrected chi connectivity index (χ4v) is 9.84. The molecule has 0 spiro atoms. The van der Waals surface area contributed by atoms with Gasteiger partial charge in [0.2, 0.25) is 5.91 Å². The normalized spacial score (nSPS) is 19.0. The van der Waals surface area contributed by atoms with Crippen molar-refractivity contribution in [1.29, 1.82) is 0 Å². The van der Waals surface area contributed by atoms with Crippen molar-refractivity contribution in [3.63, 3.8) is 0 Å². The molecule has 1 amide bonds. The van der Waals surface area contributed by atoms with E-state index in [1.165, 1.54) is 205 Å². The molecular weight excluding hydrogens is 919 g/mol. The molecule has 7 atom stereocenters. The van der Waals surface area contributed by atoms with Crippen molar-refractivity contribution in [3.8, 4) is 0 Å². The Kier molecular flexibility index (Phi) is 49.5. The minimum Gasteiger partial charge on any atom is -0.466 e. The lowest BCUT2D eigenvalue weighted by Gasteiger charge is -2.40. The van der Waals surface area contributed by atoms with Crippen LogP contribution in [0.1, 0.15) is 296 Å². The average molecular weight is 1040 g/mol. The first-order valence-electron chi connectivity index (χ1n) is 31.1. The van der Waals surface area contributed by atoms with E-state index in [9.17, 15) is 35.1 Å². The second-order valence-electron chi connectivity index (χ2n) is 21.8. The lowest BCUT2D eigenvalue weighted by Crippen LogP contribution is -2.60. The van der Waals surface area contributed by atoms with Crippen LogP contribution in [-0.4, -0.2) is 100 Å². The fraction of sp³-hybridized carbons (Fsp3) is 0.903. The largest absolute Gasteiger partial charge is 0.466 e. The van der Waals surface area contributed by atoms with Crippen molar-refractivity contribution in [2.75, 3.05) is 19.8 Å². The number of allylic oxidation sites excluding steroid dienone is 3. The van der Waals surface area contributed by atoms with E-state index in [4.69, 9.17) is 14.2 Å². The first-order valence-corrected chi connectivity index (χ1v) is 31.1. The highest BCUT2D eigenvalue weighted by molar-refractivity contribution is 5.76. The molecule has 0 bridgehead atoms. The number of aliphatic hydroxyl groups is 5. The van der Waals surface area contributed by atoms with Crippen molar-refractivity contribution in [2.45, 2.75) is 339 Å².